The van der Waals surface area contributed by atoms with Gasteiger partial charge in [0, 0.05) is 25.2 Å². The minimum absolute atomic E-state index is 0.301. The Kier molecular flexibility index (Phi) is 3.89. The standard InChI is InChI=1S/C13H17N5O2S/c19-21(20,17-6-1-2-13-15-9-16-18-13)11-4-3-10-5-7-14-12(10)8-11/h3-4,8-9,14,17H,1-2,5-7H2,(H,15,16,18). The molecule has 2 heterocycles. The molecule has 0 bridgehead atoms. The van der Waals surface area contributed by atoms with Gasteiger partial charge in [-0.1, -0.05) is 6.07 Å². The molecular weight excluding hydrogens is 290 g/mol. The number of hydrogen-bond donors (Lipinski definition) is 3. The van der Waals surface area contributed by atoms with E-state index in [0.717, 1.165) is 24.5 Å². The number of aryl methyl sites for hydroxylation is 1. The van der Waals surface area contributed by atoms with Crippen LogP contribution in [0.2, 0.25) is 0 Å². The molecule has 1 aliphatic heterocycles. The van der Waals surface area contributed by atoms with Crippen molar-refractivity contribution in [3.05, 3.63) is 35.9 Å². The number of benzene rings is 1. The Bertz CT molecular complexity index is 712. The van der Waals surface area contributed by atoms with E-state index >= 15 is 0 Å². The zero-order valence-corrected chi connectivity index (χ0v) is 12.3. The topological polar surface area (TPSA) is 99.8 Å². The van der Waals surface area contributed by atoms with Gasteiger partial charge >= 0.3 is 0 Å². The fraction of sp³-hybridized carbons (Fsp3) is 0.385. The zero-order chi connectivity index (χ0) is 14.7. The summed E-state index contributed by atoms with van der Waals surface area (Å²) in [5, 5.41) is 9.68. The lowest BCUT2D eigenvalue weighted by molar-refractivity contribution is 0.578. The molecule has 0 saturated heterocycles. The van der Waals surface area contributed by atoms with Gasteiger partial charge in [-0.3, -0.25) is 5.10 Å². The maximum atomic E-state index is 12.2. The van der Waals surface area contributed by atoms with E-state index in [1.54, 1.807) is 12.1 Å². The molecule has 21 heavy (non-hydrogen) atoms. The van der Waals surface area contributed by atoms with Gasteiger partial charge in [0.2, 0.25) is 10.0 Å². The van der Waals surface area contributed by atoms with Crippen molar-refractivity contribution < 1.29 is 8.42 Å². The van der Waals surface area contributed by atoms with Crippen molar-refractivity contribution in [2.75, 3.05) is 18.4 Å². The Morgan fingerprint density at radius 1 is 1.33 bits per heavy atom. The van der Waals surface area contributed by atoms with Crippen LogP contribution in [-0.2, 0) is 22.9 Å². The quantitative estimate of drug-likeness (QED) is 0.682. The first-order valence-corrected chi connectivity index (χ1v) is 8.34. The molecule has 0 atom stereocenters. The van der Waals surface area contributed by atoms with Crippen LogP contribution in [0.4, 0.5) is 5.69 Å². The molecule has 0 saturated carbocycles. The molecule has 0 amide bonds. The van der Waals surface area contributed by atoms with Crippen LogP contribution in [0.1, 0.15) is 17.8 Å². The highest BCUT2D eigenvalue weighted by molar-refractivity contribution is 7.89. The number of aromatic nitrogens is 3. The number of fused-ring (bicyclic) bond motifs is 1. The van der Waals surface area contributed by atoms with E-state index in [2.05, 4.69) is 25.2 Å². The molecule has 3 N–H and O–H groups in total. The van der Waals surface area contributed by atoms with Crippen molar-refractivity contribution in [2.24, 2.45) is 0 Å². The fourth-order valence-corrected chi connectivity index (χ4v) is 3.43. The largest absolute Gasteiger partial charge is 0.384 e. The third-order valence-corrected chi connectivity index (χ3v) is 4.91. The van der Waals surface area contributed by atoms with Gasteiger partial charge in [-0.2, -0.15) is 5.10 Å². The molecule has 0 fully saturated rings. The molecule has 0 radical (unpaired) electrons. The Morgan fingerprint density at radius 3 is 3.05 bits per heavy atom. The van der Waals surface area contributed by atoms with Gasteiger partial charge in [-0.25, -0.2) is 18.1 Å². The van der Waals surface area contributed by atoms with Crippen LogP contribution in [0.15, 0.2) is 29.4 Å². The molecule has 1 aromatic carbocycles. The number of H-pyrrole nitrogens is 1. The third-order valence-electron chi connectivity index (χ3n) is 3.45. The minimum Gasteiger partial charge on any atom is -0.384 e. The number of aromatic amines is 1. The predicted molar refractivity (Wildman–Crippen MR) is 78.5 cm³/mol. The van der Waals surface area contributed by atoms with E-state index in [4.69, 9.17) is 0 Å². The third kappa shape index (κ3) is 3.22. The second-order valence-electron chi connectivity index (χ2n) is 4.93. The number of rotatable bonds is 6. The van der Waals surface area contributed by atoms with Crippen LogP contribution in [0.3, 0.4) is 0 Å². The molecule has 8 heteroatoms. The summed E-state index contributed by atoms with van der Waals surface area (Å²) in [4.78, 5) is 4.30. The molecular formula is C13H17N5O2S. The summed E-state index contributed by atoms with van der Waals surface area (Å²) in [6, 6.07) is 5.23. The first-order valence-electron chi connectivity index (χ1n) is 6.86. The van der Waals surface area contributed by atoms with Crippen molar-refractivity contribution in [1.82, 2.24) is 19.9 Å². The van der Waals surface area contributed by atoms with Gasteiger partial charge in [0.25, 0.3) is 0 Å². The van der Waals surface area contributed by atoms with E-state index in [1.807, 2.05) is 6.07 Å². The molecule has 1 aliphatic rings. The summed E-state index contributed by atoms with van der Waals surface area (Å²) in [5.74, 6) is 0.760. The second-order valence-corrected chi connectivity index (χ2v) is 6.70. The maximum Gasteiger partial charge on any atom is 0.240 e. The van der Waals surface area contributed by atoms with Gasteiger partial charge in [-0.15, -0.1) is 0 Å². The van der Waals surface area contributed by atoms with Gasteiger partial charge in [0.05, 0.1) is 4.90 Å². The lowest BCUT2D eigenvalue weighted by Gasteiger charge is -2.08. The van der Waals surface area contributed by atoms with E-state index < -0.39 is 10.0 Å². The molecule has 3 rings (SSSR count). The average molecular weight is 307 g/mol. The van der Waals surface area contributed by atoms with Crippen molar-refractivity contribution in [1.29, 1.82) is 0 Å². The van der Waals surface area contributed by atoms with E-state index in [-0.39, 0.29) is 0 Å². The van der Waals surface area contributed by atoms with Crippen LogP contribution in [0, 0.1) is 0 Å². The highest BCUT2D eigenvalue weighted by Gasteiger charge is 2.17. The van der Waals surface area contributed by atoms with Gasteiger partial charge in [0.1, 0.15) is 12.2 Å². The summed E-state index contributed by atoms with van der Waals surface area (Å²) in [6.07, 6.45) is 3.71. The second kappa shape index (κ2) is 5.82. The molecule has 0 unspecified atom stereocenters. The Hall–Kier alpha value is -1.93. The van der Waals surface area contributed by atoms with Crippen molar-refractivity contribution in [3.8, 4) is 0 Å². The van der Waals surface area contributed by atoms with E-state index in [9.17, 15) is 8.42 Å². The van der Waals surface area contributed by atoms with Crippen molar-refractivity contribution in [3.63, 3.8) is 0 Å². The first kappa shape index (κ1) is 14.0. The van der Waals surface area contributed by atoms with Crippen LogP contribution in [0.25, 0.3) is 0 Å². The number of nitrogens with zero attached hydrogens (tertiary/aromatic N) is 2. The molecule has 7 nitrogen and oxygen atoms in total. The molecule has 0 spiro atoms. The molecule has 112 valence electrons. The van der Waals surface area contributed by atoms with Crippen molar-refractivity contribution in [2.45, 2.75) is 24.2 Å². The number of nitrogens with one attached hydrogen (secondary N) is 3. The van der Waals surface area contributed by atoms with Gasteiger partial charge in [0.15, 0.2) is 0 Å². The molecule has 2 aromatic rings. The number of anilines is 1. The average Bonchev–Trinajstić information content (AvgIpc) is 3.13. The summed E-state index contributed by atoms with van der Waals surface area (Å²) in [6.45, 7) is 1.23. The Morgan fingerprint density at radius 2 is 2.24 bits per heavy atom. The number of hydrogen-bond acceptors (Lipinski definition) is 5. The monoisotopic (exact) mass is 307 g/mol. The normalized spacial score (nSPS) is 13.9. The smallest absolute Gasteiger partial charge is 0.240 e. The van der Waals surface area contributed by atoms with Crippen molar-refractivity contribution >= 4 is 15.7 Å². The lowest BCUT2D eigenvalue weighted by atomic mass is 10.2. The van der Waals surface area contributed by atoms with Gasteiger partial charge < -0.3 is 5.32 Å². The highest BCUT2D eigenvalue weighted by atomic mass is 32.2. The summed E-state index contributed by atoms with van der Waals surface area (Å²) in [5.41, 5.74) is 2.08. The van der Waals surface area contributed by atoms with Gasteiger partial charge in [-0.05, 0) is 30.5 Å². The maximum absolute atomic E-state index is 12.2. The summed E-state index contributed by atoms with van der Waals surface area (Å²) >= 11 is 0. The Labute approximate surface area is 123 Å². The predicted octanol–water partition coefficient (Wildman–Crippen LogP) is 0.684. The van der Waals surface area contributed by atoms with Crippen LogP contribution >= 0.6 is 0 Å². The summed E-state index contributed by atoms with van der Waals surface area (Å²) < 4.78 is 27.0. The van der Waals surface area contributed by atoms with E-state index in [0.29, 0.717) is 24.3 Å². The van der Waals surface area contributed by atoms with Crippen LogP contribution in [0.5, 0.6) is 0 Å². The zero-order valence-electron chi connectivity index (χ0n) is 11.5. The summed E-state index contributed by atoms with van der Waals surface area (Å²) in [7, 11) is -3.46. The van der Waals surface area contributed by atoms with Crippen LogP contribution < -0.4 is 10.0 Å². The first-order chi connectivity index (χ1) is 10.1. The molecule has 1 aromatic heterocycles. The minimum atomic E-state index is -3.46. The van der Waals surface area contributed by atoms with Crippen LogP contribution in [-0.4, -0.2) is 36.7 Å². The molecule has 0 aliphatic carbocycles. The number of sulfonamides is 1. The highest BCUT2D eigenvalue weighted by Crippen LogP contribution is 2.25. The van der Waals surface area contributed by atoms with E-state index in [1.165, 1.54) is 11.9 Å². The lowest BCUT2D eigenvalue weighted by Crippen LogP contribution is -2.25. The Balaban J connectivity index is 1.59. The fourth-order valence-electron chi connectivity index (χ4n) is 2.33. The SMILES string of the molecule is O=S(=O)(NCCCc1ncn[nH]1)c1ccc2c(c1)NCC2.